The summed E-state index contributed by atoms with van der Waals surface area (Å²) in [6.07, 6.45) is 3.57. The van der Waals surface area contributed by atoms with Gasteiger partial charge >= 0.3 is 0 Å². The molecule has 5 aromatic heterocycles. The van der Waals surface area contributed by atoms with Crippen molar-refractivity contribution in [2.45, 2.75) is 57.8 Å². The van der Waals surface area contributed by atoms with Gasteiger partial charge in [0.05, 0.1) is 16.5 Å². The molecule has 16 rings (SSSR count). The number of para-hydroxylation sites is 1. The van der Waals surface area contributed by atoms with E-state index >= 15 is 0 Å². The van der Waals surface area contributed by atoms with Gasteiger partial charge in [0.1, 0.15) is 22.3 Å². The first-order valence-corrected chi connectivity index (χ1v) is 28.9. The molecular weight excluding hydrogens is 1030 g/mol. The first kappa shape index (κ1) is 49.6. The fraction of sp³-hybridized carbons (Fsp3) is 0.117. The monoisotopic (exact) mass is 1090 g/mol. The molecule has 0 saturated carbocycles. The van der Waals surface area contributed by atoms with Gasteiger partial charge in [-0.25, -0.2) is 9.97 Å². The molecule has 10 aromatic carbocycles. The summed E-state index contributed by atoms with van der Waals surface area (Å²) in [5.41, 5.74) is 18.5. The van der Waals surface area contributed by atoms with Crippen molar-refractivity contribution in [3.63, 3.8) is 0 Å². The Bertz CT molecular complexity index is 5120. The number of benzene rings is 10. The van der Waals surface area contributed by atoms with Gasteiger partial charge in [-0.15, -0.1) is 0 Å². The fourth-order valence-electron chi connectivity index (χ4n) is 13.4. The van der Waals surface area contributed by atoms with E-state index in [0.717, 1.165) is 128 Å². The van der Waals surface area contributed by atoms with Crippen LogP contribution in [-0.4, -0.2) is 9.97 Å². The van der Waals surface area contributed by atoms with Crippen molar-refractivity contribution in [1.29, 1.82) is 0 Å². The number of rotatable bonds is 8. The topological polar surface area (TPSA) is 71.7 Å². The molecule has 7 nitrogen and oxygen atoms in total. The van der Waals surface area contributed by atoms with Crippen LogP contribution in [-0.2, 0) is 16.2 Å². The van der Waals surface area contributed by atoms with E-state index in [-0.39, 0.29) is 10.8 Å². The molecule has 0 bridgehead atoms. The maximum absolute atomic E-state index is 7.47. The lowest BCUT2D eigenvalue weighted by molar-refractivity contribution is 0.590. The van der Waals surface area contributed by atoms with Crippen molar-refractivity contribution >= 4 is 111 Å². The van der Waals surface area contributed by atoms with Crippen LogP contribution in [0.2, 0.25) is 0 Å². The largest absolute Gasteiger partial charge is 0.455 e. The van der Waals surface area contributed by atoms with E-state index in [2.05, 4.69) is 280 Å². The molecule has 0 aliphatic heterocycles. The molecule has 5 heterocycles. The summed E-state index contributed by atoms with van der Waals surface area (Å²) in [4.78, 5) is 14.0. The number of aromatic nitrogens is 2. The number of fused-ring (bicyclic) bond motifs is 14. The van der Waals surface area contributed by atoms with E-state index in [9.17, 15) is 0 Å². The number of hydrogen-bond acceptors (Lipinski definition) is 7. The normalized spacial score (nSPS) is 14.4. The molecule has 1 unspecified atom stereocenters. The number of nitrogens with zero attached hydrogens (tertiary/aromatic N) is 4. The highest BCUT2D eigenvalue weighted by molar-refractivity contribution is 6.20. The Labute approximate surface area is 486 Å². The molecule has 0 spiro atoms. The quantitative estimate of drug-likeness (QED) is 0.150. The Morgan fingerprint density at radius 1 is 0.369 bits per heavy atom. The highest BCUT2D eigenvalue weighted by Gasteiger charge is 2.49. The Morgan fingerprint density at radius 2 is 0.905 bits per heavy atom. The van der Waals surface area contributed by atoms with Crippen molar-refractivity contribution in [1.82, 2.24) is 9.97 Å². The number of anilines is 6. The molecule has 7 heteroatoms. The molecule has 0 saturated heterocycles. The number of pyridine rings is 2. The lowest BCUT2D eigenvalue weighted by Gasteiger charge is -2.36. The van der Waals surface area contributed by atoms with E-state index in [1.165, 1.54) is 16.5 Å². The maximum Gasteiger partial charge on any atom is 0.227 e. The molecular formula is C77H58N4O3. The van der Waals surface area contributed by atoms with Gasteiger partial charge in [-0.05, 0) is 164 Å². The van der Waals surface area contributed by atoms with Crippen LogP contribution in [0.25, 0.3) is 88.0 Å². The molecule has 84 heavy (non-hydrogen) atoms. The second-order valence-electron chi connectivity index (χ2n) is 24.6. The first-order valence-electron chi connectivity index (χ1n) is 28.9. The smallest absolute Gasteiger partial charge is 0.227 e. The van der Waals surface area contributed by atoms with E-state index in [1.807, 2.05) is 12.1 Å². The van der Waals surface area contributed by atoms with Gasteiger partial charge < -0.3 is 23.1 Å². The summed E-state index contributed by atoms with van der Waals surface area (Å²) >= 11 is 0. The van der Waals surface area contributed by atoms with Crippen LogP contribution in [0.5, 0.6) is 0 Å². The minimum atomic E-state index is -0.903. The Hall–Kier alpha value is -10.2. The summed E-state index contributed by atoms with van der Waals surface area (Å²) < 4.78 is 20.6. The van der Waals surface area contributed by atoms with Crippen LogP contribution in [0.3, 0.4) is 0 Å². The average Bonchev–Trinajstić information content (AvgIpc) is 1.53. The van der Waals surface area contributed by atoms with E-state index < -0.39 is 5.41 Å². The SMILES string of the molecule is CC(C)(C)c1ccc(N(c2ccc3c(c2)C(c2ccccc2)(c2ccc4ccccc4c2)c2cc(N(c4ccc(C(C)(C)C)cc4)c4ccc5c(c4)oc4ncccc45)c4c(oc5ccccc54)c2-3)c2ccc3c(c2)oc2ncccc23)cc1. The summed E-state index contributed by atoms with van der Waals surface area (Å²) in [6.45, 7) is 13.6. The van der Waals surface area contributed by atoms with E-state index in [0.29, 0.717) is 11.4 Å². The zero-order chi connectivity index (χ0) is 56.6. The molecule has 0 radical (unpaired) electrons. The van der Waals surface area contributed by atoms with Crippen molar-refractivity contribution in [3.8, 4) is 11.1 Å². The average molecular weight is 1090 g/mol. The van der Waals surface area contributed by atoms with Crippen molar-refractivity contribution in [2.75, 3.05) is 9.80 Å². The molecule has 0 fully saturated rings. The zero-order valence-electron chi connectivity index (χ0n) is 47.6. The highest BCUT2D eigenvalue weighted by Crippen LogP contribution is 2.62. The lowest BCUT2D eigenvalue weighted by atomic mass is 9.67. The molecule has 0 N–H and O–H groups in total. The standard InChI is InChI=1S/C77H58N4O3/c1-75(2,3)49-26-30-53(31-27-49)80(56-34-37-58-60-21-14-40-78-73(60)83-68(58)44-56)55-36-39-62-64(43-55)77(51-18-8-7-9-19-51,52-25-24-47-16-10-11-17-48(47)42-52)65-46-66(71-63-20-12-13-23-67(63)82-72(71)70(62)65)81(54-32-28-50(29-33-54)76(4,5)6)57-35-38-59-61-22-15-41-79-74(61)84-69(59)45-57/h7-46H,1-6H3. The Balaban J connectivity index is 1.02. The van der Waals surface area contributed by atoms with Crippen LogP contribution < -0.4 is 9.80 Å². The molecule has 0 amide bonds. The van der Waals surface area contributed by atoms with Crippen molar-refractivity contribution < 1.29 is 13.3 Å². The molecule has 404 valence electrons. The van der Waals surface area contributed by atoms with Crippen LogP contribution in [0, 0.1) is 0 Å². The zero-order valence-corrected chi connectivity index (χ0v) is 47.6. The lowest BCUT2D eigenvalue weighted by Crippen LogP contribution is -2.29. The summed E-state index contributed by atoms with van der Waals surface area (Å²) in [6, 6.07) is 84.3. The van der Waals surface area contributed by atoms with E-state index in [4.69, 9.17) is 13.3 Å². The predicted molar refractivity (Wildman–Crippen MR) is 345 cm³/mol. The minimum absolute atomic E-state index is 0.0397. The number of furan rings is 3. The maximum atomic E-state index is 7.47. The van der Waals surface area contributed by atoms with Gasteiger partial charge in [0, 0.05) is 85.5 Å². The minimum Gasteiger partial charge on any atom is -0.455 e. The Morgan fingerprint density at radius 3 is 1.55 bits per heavy atom. The predicted octanol–water partition coefficient (Wildman–Crippen LogP) is 21.2. The first-order chi connectivity index (χ1) is 40.9. The van der Waals surface area contributed by atoms with Gasteiger partial charge in [-0.1, -0.05) is 157 Å². The van der Waals surface area contributed by atoms with Gasteiger partial charge in [0.15, 0.2) is 0 Å². The van der Waals surface area contributed by atoms with Crippen molar-refractivity contribution in [2.24, 2.45) is 0 Å². The molecule has 1 aliphatic rings. The summed E-state index contributed by atoms with van der Waals surface area (Å²) in [5, 5.41) is 8.37. The third kappa shape index (κ3) is 7.58. The Kier molecular flexibility index (Phi) is 10.8. The molecule has 1 atom stereocenters. The highest BCUT2D eigenvalue weighted by atomic mass is 16.3. The third-order valence-corrected chi connectivity index (χ3v) is 17.6. The van der Waals surface area contributed by atoms with Gasteiger partial charge in [-0.2, -0.15) is 0 Å². The summed E-state index contributed by atoms with van der Waals surface area (Å²) in [7, 11) is 0. The van der Waals surface area contributed by atoms with Gasteiger partial charge in [-0.3, -0.25) is 0 Å². The second-order valence-corrected chi connectivity index (χ2v) is 24.6. The van der Waals surface area contributed by atoms with Crippen LogP contribution in [0.15, 0.2) is 256 Å². The van der Waals surface area contributed by atoms with E-state index in [1.54, 1.807) is 12.4 Å². The fourth-order valence-corrected chi connectivity index (χ4v) is 13.4. The van der Waals surface area contributed by atoms with Crippen LogP contribution >= 0.6 is 0 Å². The number of hydrogen-bond donors (Lipinski definition) is 0. The summed E-state index contributed by atoms with van der Waals surface area (Å²) in [5.74, 6) is 0. The second kappa shape index (κ2) is 18.4. The van der Waals surface area contributed by atoms with Gasteiger partial charge in [0.2, 0.25) is 11.4 Å². The van der Waals surface area contributed by atoms with Crippen molar-refractivity contribution in [3.05, 3.63) is 276 Å². The molecule has 1 aliphatic carbocycles. The van der Waals surface area contributed by atoms with Crippen LogP contribution in [0.1, 0.15) is 74.9 Å². The van der Waals surface area contributed by atoms with Gasteiger partial charge in [0.25, 0.3) is 0 Å². The molecule has 15 aromatic rings. The van der Waals surface area contributed by atoms with Crippen LogP contribution in [0.4, 0.5) is 34.1 Å². The third-order valence-electron chi connectivity index (χ3n) is 17.6.